The summed E-state index contributed by atoms with van der Waals surface area (Å²) in [5.41, 5.74) is 5.21. The third-order valence-electron chi connectivity index (χ3n) is 8.09. The molecule has 4 aromatic rings. The van der Waals surface area contributed by atoms with Crippen molar-refractivity contribution in [3.8, 4) is 11.3 Å². The van der Waals surface area contributed by atoms with Crippen molar-refractivity contribution in [1.82, 2.24) is 15.2 Å². The summed E-state index contributed by atoms with van der Waals surface area (Å²) in [5.74, 6) is -1.78. The van der Waals surface area contributed by atoms with Crippen LogP contribution in [0.25, 0.3) is 22.2 Å². The molecule has 1 saturated heterocycles. The van der Waals surface area contributed by atoms with Gasteiger partial charge < -0.3 is 25.2 Å². The molecule has 224 valence electrons. The molecule has 3 aliphatic rings. The van der Waals surface area contributed by atoms with Gasteiger partial charge in [-0.1, -0.05) is 30.3 Å². The minimum Gasteiger partial charge on any atom is -0.475 e. The number of benzene rings is 2. The van der Waals surface area contributed by atoms with Crippen molar-refractivity contribution >= 4 is 34.3 Å². The third-order valence-corrected chi connectivity index (χ3v) is 8.09. The van der Waals surface area contributed by atoms with Gasteiger partial charge in [0.1, 0.15) is 16.9 Å². The monoisotopic (exact) mass is 595 g/mol. The predicted octanol–water partition coefficient (Wildman–Crippen LogP) is 4.40. The van der Waals surface area contributed by atoms with Crippen molar-refractivity contribution in [3.63, 3.8) is 0 Å². The second-order valence-electron chi connectivity index (χ2n) is 10.9. The molecule has 2 fully saturated rings. The summed E-state index contributed by atoms with van der Waals surface area (Å²) in [6.07, 6.45) is -1.25. The first-order valence-corrected chi connectivity index (χ1v) is 13.8. The second kappa shape index (κ2) is 11.0. The lowest BCUT2D eigenvalue weighted by molar-refractivity contribution is -0.192. The Morgan fingerprint density at radius 1 is 1.12 bits per heavy atom. The van der Waals surface area contributed by atoms with Crippen LogP contribution in [0, 0.1) is 0 Å². The van der Waals surface area contributed by atoms with Crippen LogP contribution in [-0.4, -0.2) is 68.7 Å². The zero-order valence-electron chi connectivity index (χ0n) is 22.8. The number of amides is 1. The molecule has 43 heavy (non-hydrogen) atoms. The van der Waals surface area contributed by atoms with E-state index in [4.69, 9.17) is 14.6 Å². The minimum absolute atomic E-state index is 0.0415. The Bertz CT molecular complexity index is 1670. The molecule has 10 nitrogen and oxygen atoms in total. The summed E-state index contributed by atoms with van der Waals surface area (Å²) in [6, 6.07) is 18.1. The lowest BCUT2D eigenvalue weighted by atomic mass is 9.97. The van der Waals surface area contributed by atoms with E-state index in [0.29, 0.717) is 13.0 Å². The van der Waals surface area contributed by atoms with Gasteiger partial charge in [0, 0.05) is 35.9 Å². The number of carbonyl (C=O) groups is 2. The standard InChI is InChI=1S/C28H27N5O3.C2HF3O2/c34-19-9-11-33(12-10-19)25-8-6-18(15-29-25)26-20-7-5-17(13-23(20)31-32-26)16-36-24-14-28(24)21-3-1-2-4-22(21)30-27(28)35;3-2(4,5)1(6)7/h1-8,13,15,19,24,34H,9-12,14,16H2,(H,30,35)(H,31,32);(H,6,7). The molecule has 1 saturated carbocycles. The lowest BCUT2D eigenvalue weighted by Gasteiger charge is -2.30. The van der Waals surface area contributed by atoms with Crippen molar-refractivity contribution < 1.29 is 37.7 Å². The average Bonchev–Trinajstić information content (AvgIpc) is 3.46. The summed E-state index contributed by atoms with van der Waals surface area (Å²) >= 11 is 0. The molecule has 0 bridgehead atoms. The smallest absolute Gasteiger partial charge is 0.475 e. The van der Waals surface area contributed by atoms with Crippen LogP contribution in [-0.2, 0) is 26.3 Å². The molecule has 2 unspecified atom stereocenters. The predicted molar refractivity (Wildman–Crippen MR) is 150 cm³/mol. The number of carbonyl (C=O) groups excluding carboxylic acids is 1. The highest BCUT2D eigenvalue weighted by Gasteiger charge is 2.65. The molecule has 2 aliphatic heterocycles. The Labute approximate surface area is 243 Å². The van der Waals surface area contributed by atoms with Crippen LogP contribution in [0.15, 0.2) is 60.8 Å². The number of piperidine rings is 1. The van der Waals surface area contributed by atoms with Crippen molar-refractivity contribution in [2.24, 2.45) is 0 Å². The number of anilines is 2. The van der Waals surface area contributed by atoms with Crippen LogP contribution in [0.2, 0.25) is 0 Å². The van der Waals surface area contributed by atoms with Gasteiger partial charge in [-0.3, -0.25) is 9.89 Å². The number of nitrogens with zero attached hydrogens (tertiary/aromatic N) is 3. The van der Waals surface area contributed by atoms with E-state index in [9.17, 15) is 23.1 Å². The van der Waals surface area contributed by atoms with Crippen LogP contribution >= 0.6 is 0 Å². The molecule has 1 amide bonds. The first kappa shape index (κ1) is 28.6. The summed E-state index contributed by atoms with van der Waals surface area (Å²) in [4.78, 5) is 28.4. The molecule has 1 spiro atoms. The Morgan fingerprint density at radius 3 is 2.56 bits per heavy atom. The minimum atomic E-state index is -5.08. The van der Waals surface area contributed by atoms with Gasteiger partial charge in [0.25, 0.3) is 0 Å². The summed E-state index contributed by atoms with van der Waals surface area (Å²) < 4.78 is 37.9. The summed E-state index contributed by atoms with van der Waals surface area (Å²) in [5, 5.41) is 28.6. The number of alkyl halides is 3. The number of nitrogens with one attached hydrogen (secondary N) is 2. The van der Waals surface area contributed by atoms with E-state index >= 15 is 0 Å². The van der Waals surface area contributed by atoms with Gasteiger partial charge in [-0.2, -0.15) is 18.3 Å². The average molecular weight is 596 g/mol. The molecular formula is C30H28F3N5O5. The van der Waals surface area contributed by atoms with E-state index < -0.39 is 17.6 Å². The number of halogens is 3. The highest BCUT2D eigenvalue weighted by molar-refractivity contribution is 6.09. The van der Waals surface area contributed by atoms with Crippen molar-refractivity contribution in [1.29, 1.82) is 0 Å². The number of aliphatic carboxylic acids is 1. The largest absolute Gasteiger partial charge is 0.490 e. The number of H-pyrrole nitrogens is 1. The number of pyridine rings is 1. The number of hydrogen-bond acceptors (Lipinski definition) is 7. The second-order valence-corrected chi connectivity index (χ2v) is 10.9. The summed E-state index contributed by atoms with van der Waals surface area (Å²) in [7, 11) is 0. The Morgan fingerprint density at radius 2 is 1.86 bits per heavy atom. The molecular weight excluding hydrogens is 567 g/mol. The molecule has 7 rings (SSSR count). The molecule has 13 heteroatoms. The topological polar surface area (TPSA) is 141 Å². The maximum Gasteiger partial charge on any atom is 0.490 e. The first-order valence-electron chi connectivity index (χ1n) is 13.8. The zero-order valence-corrected chi connectivity index (χ0v) is 22.8. The summed E-state index contributed by atoms with van der Waals surface area (Å²) in [6.45, 7) is 2.08. The highest BCUT2D eigenvalue weighted by atomic mass is 19.4. The number of aromatic nitrogens is 3. The fourth-order valence-electron chi connectivity index (χ4n) is 5.68. The van der Waals surface area contributed by atoms with Crippen LogP contribution in [0.1, 0.15) is 30.4 Å². The number of fused-ring (bicyclic) bond motifs is 3. The van der Waals surface area contributed by atoms with Crippen molar-refractivity contribution in [3.05, 3.63) is 71.9 Å². The molecule has 1 aliphatic carbocycles. The quantitative estimate of drug-likeness (QED) is 0.266. The van der Waals surface area contributed by atoms with Gasteiger partial charge in [-0.05, 0) is 54.7 Å². The van der Waals surface area contributed by atoms with Gasteiger partial charge in [0.2, 0.25) is 5.91 Å². The molecule has 2 aromatic heterocycles. The molecule has 4 heterocycles. The fraction of sp³-hybridized carbons (Fsp3) is 0.333. The maximum atomic E-state index is 12.7. The van der Waals surface area contributed by atoms with E-state index in [-0.39, 0.29) is 18.1 Å². The van der Waals surface area contributed by atoms with E-state index in [1.807, 2.05) is 36.5 Å². The van der Waals surface area contributed by atoms with Crippen molar-refractivity contribution in [2.75, 3.05) is 23.3 Å². The molecule has 0 radical (unpaired) electrons. The van der Waals surface area contributed by atoms with E-state index in [1.54, 1.807) is 0 Å². The number of para-hydroxylation sites is 1. The fourth-order valence-corrected chi connectivity index (χ4v) is 5.68. The maximum absolute atomic E-state index is 12.7. The number of rotatable bonds is 5. The van der Waals surface area contributed by atoms with Gasteiger partial charge in [-0.15, -0.1) is 0 Å². The number of hydrogen-bond donors (Lipinski definition) is 4. The van der Waals surface area contributed by atoms with E-state index in [1.165, 1.54) is 0 Å². The molecule has 4 N–H and O–H groups in total. The van der Waals surface area contributed by atoms with Crippen LogP contribution in [0.3, 0.4) is 0 Å². The Balaban J connectivity index is 0.000000423. The van der Waals surface area contributed by atoms with Gasteiger partial charge in [0.15, 0.2) is 0 Å². The zero-order chi connectivity index (χ0) is 30.4. The van der Waals surface area contributed by atoms with Crippen LogP contribution < -0.4 is 10.2 Å². The number of aliphatic hydroxyl groups excluding tert-OH is 1. The van der Waals surface area contributed by atoms with E-state index in [0.717, 1.165) is 70.7 Å². The number of aromatic amines is 1. The number of aliphatic hydroxyl groups is 1. The lowest BCUT2D eigenvalue weighted by Crippen LogP contribution is -2.36. The Hall–Kier alpha value is -4.49. The van der Waals surface area contributed by atoms with Gasteiger partial charge in [-0.25, -0.2) is 9.78 Å². The molecule has 2 aromatic carbocycles. The van der Waals surface area contributed by atoms with Crippen LogP contribution in [0.5, 0.6) is 0 Å². The normalized spacial score (nSPS) is 21.3. The first-order chi connectivity index (χ1) is 20.6. The SMILES string of the molecule is O=C(O)C(F)(F)F.O=C1Nc2ccccc2C12CC2OCc1ccc2c(-c3ccc(N4CCC(O)CC4)nc3)n[nH]c2c1. The highest BCUT2D eigenvalue weighted by Crippen LogP contribution is 2.57. The van der Waals surface area contributed by atoms with Crippen LogP contribution in [0.4, 0.5) is 24.7 Å². The van der Waals surface area contributed by atoms with Crippen molar-refractivity contribution in [2.45, 2.75) is 49.7 Å². The van der Waals surface area contributed by atoms with Gasteiger partial charge in [0.05, 0.1) is 24.3 Å². The third kappa shape index (κ3) is 5.53. The number of carboxylic acids is 1. The number of carboxylic acid groups (broad SMARTS) is 1. The van der Waals surface area contributed by atoms with E-state index in [2.05, 4.69) is 49.7 Å². The number of ether oxygens (including phenoxy) is 1. The Kier molecular flexibility index (Phi) is 7.30. The molecule has 2 atom stereocenters. The van der Waals surface area contributed by atoms with Gasteiger partial charge >= 0.3 is 12.1 Å².